The molecule has 0 fully saturated rings. The fourth-order valence-electron chi connectivity index (χ4n) is 3.38. The summed E-state index contributed by atoms with van der Waals surface area (Å²) < 4.78 is 0. The molecule has 150 valence electrons. The van der Waals surface area contributed by atoms with E-state index in [1.165, 1.54) is 122 Å². The highest BCUT2D eigenvalue weighted by Gasteiger charge is 1.94. The molecule has 0 aromatic rings. The molecule has 0 N–H and O–H groups in total. The predicted octanol–water partition coefficient (Wildman–Crippen LogP) is 8.15. The van der Waals surface area contributed by atoms with Crippen molar-refractivity contribution in [3.63, 3.8) is 0 Å². The maximum Gasteiger partial charge on any atom is -0.00248 e. The molecule has 0 aliphatic carbocycles. The lowest BCUT2D eigenvalue weighted by atomic mass is 10.1. The summed E-state index contributed by atoms with van der Waals surface area (Å²) in [5.74, 6) is 0. The molecule has 0 spiro atoms. The van der Waals surface area contributed by atoms with Gasteiger partial charge in [-0.1, -0.05) is 103 Å². The van der Waals surface area contributed by atoms with Crippen LogP contribution in [-0.4, -0.2) is 25.5 Å². The topological polar surface area (TPSA) is 3.24 Å². The highest BCUT2D eigenvalue weighted by Crippen LogP contribution is 2.12. The van der Waals surface area contributed by atoms with Crippen LogP contribution in [0, 0.1) is 0 Å². The molecule has 0 aliphatic rings. The van der Waals surface area contributed by atoms with E-state index in [1.807, 2.05) is 0 Å². The summed E-state index contributed by atoms with van der Waals surface area (Å²) in [7, 11) is 4.34. The van der Waals surface area contributed by atoms with Crippen molar-refractivity contribution >= 4 is 0 Å². The first kappa shape index (κ1) is 24.7. The molecular weight excluding hydrogens is 302 g/mol. The largest absolute Gasteiger partial charge is 0.309 e. The van der Waals surface area contributed by atoms with Gasteiger partial charge in [0.05, 0.1) is 0 Å². The Balaban J connectivity index is 3.05. The second-order valence-electron chi connectivity index (χ2n) is 8.16. The van der Waals surface area contributed by atoms with Gasteiger partial charge in [-0.15, -0.1) is 0 Å². The molecule has 0 aliphatic heterocycles. The predicted molar refractivity (Wildman–Crippen MR) is 116 cm³/mol. The van der Waals surface area contributed by atoms with E-state index in [9.17, 15) is 0 Å². The van der Waals surface area contributed by atoms with Gasteiger partial charge >= 0.3 is 0 Å². The number of hydrogen-bond acceptors (Lipinski definition) is 1. The second-order valence-corrected chi connectivity index (χ2v) is 8.16. The summed E-state index contributed by atoms with van der Waals surface area (Å²) >= 11 is 0. The second kappa shape index (κ2) is 21.7. The first-order chi connectivity index (χ1) is 12.3. The first-order valence-corrected chi connectivity index (χ1v) is 11.6. The van der Waals surface area contributed by atoms with Crippen molar-refractivity contribution < 1.29 is 0 Å². The SMILES string of the molecule is CCCCCCCCC=CCCCCCCCCCCCCN(C)C. The Morgan fingerprint density at radius 1 is 0.480 bits per heavy atom. The van der Waals surface area contributed by atoms with Crippen LogP contribution in [0.25, 0.3) is 0 Å². The third kappa shape index (κ3) is 23.7. The number of unbranched alkanes of at least 4 members (excludes halogenated alkanes) is 16. The lowest BCUT2D eigenvalue weighted by molar-refractivity contribution is 0.389. The molecule has 0 aromatic heterocycles. The molecule has 0 bridgehead atoms. The Kier molecular flexibility index (Phi) is 21.5. The number of allylic oxidation sites excluding steroid dienone is 2. The van der Waals surface area contributed by atoms with E-state index >= 15 is 0 Å². The van der Waals surface area contributed by atoms with Crippen molar-refractivity contribution in [3.05, 3.63) is 12.2 Å². The molecule has 0 saturated heterocycles. The van der Waals surface area contributed by atoms with Crippen LogP contribution in [0.3, 0.4) is 0 Å². The lowest BCUT2D eigenvalue weighted by Gasteiger charge is -2.08. The molecule has 0 amide bonds. The van der Waals surface area contributed by atoms with Crippen molar-refractivity contribution in [1.82, 2.24) is 4.90 Å². The van der Waals surface area contributed by atoms with Gasteiger partial charge in [-0.05, 0) is 52.7 Å². The van der Waals surface area contributed by atoms with Crippen molar-refractivity contribution in [2.75, 3.05) is 20.6 Å². The van der Waals surface area contributed by atoms with Crippen molar-refractivity contribution in [3.8, 4) is 0 Å². The van der Waals surface area contributed by atoms with Crippen LogP contribution in [0.5, 0.6) is 0 Å². The van der Waals surface area contributed by atoms with Gasteiger partial charge in [0.2, 0.25) is 0 Å². The van der Waals surface area contributed by atoms with Crippen LogP contribution in [0.4, 0.5) is 0 Å². The minimum Gasteiger partial charge on any atom is -0.309 e. The molecule has 25 heavy (non-hydrogen) atoms. The first-order valence-electron chi connectivity index (χ1n) is 11.6. The maximum absolute atomic E-state index is 2.43. The summed E-state index contributed by atoms with van der Waals surface area (Å²) in [6.45, 7) is 3.55. The van der Waals surface area contributed by atoms with Crippen LogP contribution in [0.2, 0.25) is 0 Å². The molecule has 1 nitrogen and oxygen atoms in total. The Bertz CT molecular complexity index is 257. The minimum atomic E-state index is 1.26. The fraction of sp³-hybridized carbons (Fsp3) is 0.917. The summed E-state index contributed by atoms with van der Waals surface area (Å²) in [4.78, 5) is 2.30. The average molecular weight is 352 g/mol. The van der Waals surface area contributed by atoms with E-state index in [0.29, 0.717) is 0 Å². The zero-order valence-electron chi connectivity index (χ0n) is 18.0. The van der Waals surface area contributed by atoms with Crippen molar-refractivity contribution in [2.45, 2.75) is 122 Å². The lowest BCUT2D eigenvalue weighted by Crippen LogP contribution is -2.12. The monoisotopic (exact) mass is 351 g/mol. The molecule has 0 radical (unpaired) electrons. The van der Waals surface area contributed by atoms with Crippen LogP contribution in [0.15, 0.2) is 12.2 Å². The van der Waals surface area contributed by atoms with Gasteiger partial charge in [0.1, 0.15) is 0 Å². The van der Waals surface area contributed by atoms with E-state index < -0.39 is 0 Å². The van der Waals surface area contributed by atoms with Crippen LogP contribution in [-0.2, 0) is 0 Å². The van der Waals surface area contributed by atoms with E-state index in [-0.39, 0.29) is 0 Å². The Morgan fingerprint density at radius 2 is 0.840 bits per heavy atom. The van der Waals surface area contributed by atoms with Gasteiger partial charge < -0.3 is 4.90 Å². The minimum absolute atomic E-state index is 1.26. The van der Waals surface area contributed by atoms with Crippen molar-refractivity contribution in [1.29, 1.82) is 0 Å². The Hall–Kier alpha value is -0.300. The molecule has 0 heterocycles. The number of nitrogens with zero attached hydrogens (tertiary/aromatic N) is 1. The molecule has 0 unspecified atom stereocenters. The third-order valence-corrected chi connectivity index (χ3v) is 5.12. The van der Waals surface area contributed by atoms with Crippen LogP contribution in [0.1, 0.15) is 122 Å². The highest BCUT2D eigenvalue weighted by molar-refractivity contribution is 4.81. The van der Waals surface area contributed by atoms with Gasteiger partial charge in [-0.25, -0.2) is 0 Å². The summed E-state index contributed by atoms with van der Waals surface area (Å²) in [5.41, 5.74) is 0. The van der Waals surface area contributed by atoms with E-state index in [1.54, 1.807) is 0 Å². The Morgan fingerprint density at radius 3 is 1.24 bits per heavy atom. The van der Waals surface area contributed by atoms with Gasteiger partial charge in [0.15, 0.2) is 0 Å². The summed E-state index contributed by atoms with van der Waals surface area (Å²) in [6, 6.07) is 0. The molecule has 0 rings (SSSR count). The number of hydrogen-bond donors (Lipinski definition) is 0. The molecule has 1 heteroatoms. The standard InChI is InChI=1S/C24H49N/c1-4-5-6-7-8-9-10-11-12-13-14-15-16-17-18-19-20-21-22-23-24-25(2)3/h11-12H,4-10,13-24H2,1-3H3. The zero-order valence-corrected chi connectivity index (χ0v) is 18.0. The number of rotatable bonds is 20. The maximum atomic E-state index is 2.43. The van der Waals surface area contributed by atoms with Crippen molar-refractivity contribution in [2.24, 2.45) is 0 Å². The Labute approximate surface area is 160 Å². The zero-order chi connectivity index (χ0) is 18.4. The quantitative estimate of drug-likeness (QED) is 0.158. The van der Waals surface area contributed by atoms with Crippen LogP contribution < -0.4 is 0 Å². The van der Waals surface area contributed by atoms with Crippen LogP contribution >= 0.6 is 0 Å². The van der Waals surface area contributed by atoms with Gasteiger partial charge in [0.25, 0.3) is 0 Å². The van der Waals surface area contributed by atoms with E-state index in [0.717, 1.165) is 0 Å². The fourth-order valence-corrected chi connectivity index (χ4v) is 3.38. The van der Waals surface area contributed by atoms with Gasteiger partial charge in [0, 0.05) is 0 Å². The molecule has 0 aromatic carbocycles. The molecule has 0 saturated carbocycles. The summed E-state index contributed by atoms with van der Waals surface area (Å²) in [6.07, 6.45) is 30.3. The highest BCUT2D eigenvalue weighted by atomic mass is 15.0. The van der Waals surface area contributed by atoms with Gasteiger partial charge in [-0.3, -0.25) is 0 Å². The molecule has 0 atom stereocenters. The summed E-state index contributed by atoms with van der Waals surface area (Å²) in [5, 5.41) is 0. The smallest absolute Gasteiger partial charge is 0.00248 e. The average Bonchev–Trinajstić information content (AvgIpc) is 2.60. The molecular formula is C24H49N. The van der Waals surface area contributed by atoms with E-state index in [2.05, 4.69) is 38.1 Å². The third-order valence-electron chi connectivity index (χ3n) is 5.12. The van der Waals surface area contributed by atoms with E-state index in [4.69, 9.17) is 0 Å². The van der Waals surface area contributed by atoms with Gasteiger partial charge in [-0.2, -0.15) is 0 Å². The normalized spacial score (nSPS) is 11.8.